The Balaban J connectivity index is 0.00000306. The molecule has 178 valence electrons. The Hall–Kier alpha value is -2.78. The van der Waals surface area contributed by atoms with Gasteiger partial charge in [0.2, 0.25) is 0 Å². The topological polar surface area (TPSA) is 78.4 Å². The highest BCUT2D eigenvalue weighted by atomic mass is 35.5. The Labute approximate surface area is 195 Å². The van der Waals surface area contributed by atoms with E-state index in [9.17, 15) is 23.1 Å². The lowest BCUT2D eigenvalue weighted by atomic mass is 9.81. The molecule has 0 saturated carbocycles. The van der Waals surface area contributed by atoms with Gasteiger partial charge in [-0.1, -0.05) is 30.3 Å². The standard InChI is InChI=1S/C23H24F3N3O3.ClH/c24-23(25,26)32-20-8-4-1-5-16(20)13-29-10-9-15(12-22(30)31)17(14-29)11-21-27-18-6-2-3-7-19(18)28-21;/h1-8,15,17H,9-14H2,(H,27,28)(H,30,31);1H/t15-,17-;/m0./s1. The van der Waals surface area contributed by atoms with Crippen LogP contribution in [0.3, 0.4) is 0 Å². The molecule has 1 aliphatic heterocycles. The molecule has 2 heterocycles. The van der Waals surface area contributed by atoms with Crippen molar-refractivity contribution in [1.29, 1.82) is 0 Å². The van der Waals surface area contributed by atoms with Crippen LogP contribution in [0.4, 0.5) is 13.2 Å². The summed E-state index contributed by atoms with van der Waals surface area (Å²) in [5, 5.41) is 9.35. The molecule has 2 aromatic carbocycles. The van der Waals surface area contributed by atoms with E-state index in [4.69, 9.17) is 0 Å². The quantitative estimate of drug-likeness (QED) is 0.492. The Morgan fingerprint density at radius 2 is 1.88 bits per heavy atom. The summed E-state index contributed by atoms with van der Waals surface area (Å²) < 4.78 is 42.5. The number of imidazole rings is 1. The SMILES string of the molecule is Cl.O=C(O)C[C@@H]1CCN(Cc2ccccc2OC(F)(F)F)C[C@@H]1Cc1nc2ccccc2[nH]1. The van der Waals surface area contributed by atoms with Gasteiger partial charge in [-0.15, -0.1) is 25.6 Å². The molecule has 0 amide bonds. The number of fused-ring (bicyclic) bond motifs is 1. The maximum absolute atomic E-state index is 12.8. The van der Waals surface area contributed by atoms with E-state index < -0.39 is 12.3 Å². The first kappa shape index (κ1) is 24.9. The predicted octanol–water partition coefficient (Wildman–Crippen LogP) is 5.04. The molecule has 0 bridgehead atoms. The fourth-order valence-electron chi connectivity index (χ4n) is 4.47. The number of hydrogen-bond donors (Lipinski definition) is 2. The summed E-state index contributed by atoms with van der Waals surface area (Å²) >= 11 is 0. The number of ether oxygens (including phenoxy) is 1. The van der Waals surface area contributed by atoms with E-state index in [1.54, 1.807) is 12.1 Å². The summed E-state index contributed by atoms with van der Waals surface area (Å²) in [5.41, 5.74) is 2.22. The van der Waals surface area contributed by atoms with Crippen molar-refractivity contribution in [3.63, 3.8) is 0 Å². The zero-order chi connectivity index (χ0) is 22.7. The van der Waals surface area contributed by atoms with Gasteiger partial charge >= 0.3 is 12.3 Å². The second kappa shape index (κ2) is 10.4. The van der Waals surface area contributed by atoms with E-state index in [-0.39, 0.29) is 36.4 Å². The average Bonchev–Trinajstić information content (AvgIpc) is 3.12. The first-order chi connectivity index (χ1) is 15.3. The van der Waals surface area contributed by atoms with Gasteiger partial charge in [0.1, 0.15) is 11.6 Å². The molecule has 0 aliphatic carbocycles. The van der Waals surface area contributed by atoms with Gasteiger partial charge in [0.05, 0.1) is 11.0 Å². The fraction of sp³-hybridized carbons (Fsp3) is 0.391. The van der Waals surface area contributed by atoms with Crippen LogP contribution in [0.15, 0.2) is 48.5 Å². The van der Waals surface area contributed by atoms with Crippen molar-refractivity contribution in [3.8, 4) is 5.75 Å². The Morgan fingerprint density at radius 3 is 2.61 bits per heavy atom. The van der Waals surface area contributed by atoms with Gasteiger partial charge in [-0.25, -0.2) is 4.98 Å². The van der Waals surface area contributed by atoms with Gasteiger partial charge < -0.3 is 14.8 Å². The summed E-state index contributed by atoms with van der Waals surface area (Å²) in [4.78, 5) is 21.4. The Morgan fingerprint density at radius 1 is 1.15 bits per heavy atom. The van der Waals surface area contributed by atoms with Gasteiger partial charge in [-0.3, -0.25) is 9.69 Å². The van der Waals surface area contributed by atoms with Crippen LogP contribution in [0.5, 0.6) is 5.75 Å². The number of alkyl halides is 3. The van der Waals surface area contributed by atoms with Gasteiger partial charge in [0.25, 0.3) is 0 Å². The maximum Gasteiger partial charge on any atom is 0.573 e. The highest BCUT2D eigenvalue weighted by molar-refractivity contribution is 5.85. The van der Waals surface area contributed by atoms with E-state index in [2.05, 4.69) is 19.6 Å². The minimum absolute atomic E-state index is 0. The highest BCUT2D eigenvalue weighted by Gasteiger charge is 2.34. The van der Waals surface area contributed by atoms with E-state index >= 15 is 0 Å². The molecule has 1 saturated heterocycles. The minimum Gasteiger partial charge on any atom is -0.481 e. The molecule has 10 heteroatoms. The fourth-order valence-corrected chi connectivity index (χ4v) is 4.47. The molecule has 1 aromatic heterocycles. The summed E-state index contributed by atoms with van der Waals surface area (Å²) in [7, 11) is 0. The van der Waals surface area contributed by atoms with Gasteiger partial charge in [0.15, 0.2) is 0 Å². The summed E-state index contributed by atoms with van der Waals surface area (Å²) in [6.45, 7) is 1.47. The number of H-pyrrole nitrogens is 1. The zero-order valence-corrected chi connectivity index (χ0v) is 18.5. The molecule has 0 spiro atoms. The van der Waals surface area contributed by atoms with Crippen molar-refractivity contribution in [2.24, 2.45) is 11.8 Å². The number of nitrogens with one attached hydrogen (secondary N) is 1. The molecule has 6 nitrogen and oxygen atoms in total. The summed E-state index contributed by atoms with van der Waals surface area (Å²) in [6.07, 6.45) is -3.47. The lowest BCUT2D eigenvalue weighted by molar-refractivity contribution is -0.275. The van der Waals surface area contributed by atoms with Crippen LogP contribution in [-0.2, 0) is 17.8 Å². The summed E-state index contributed by atoms with van der Waals surface area (Å²) in [6, 6.07) is 13.8. The van der Waals surface area contributed by atoms with Crippen LogP contribution in [0, 0.1) is 11.8 Å². The first-order valence-electron chi connectivity index (χ1n) is 10.5. The average molecular weight is 484 g/mol. The second-order valence-corrected chi connectivity index (χ2v) is 8.20. The number of halogens is 4. The van der Waals surface area contributed by atoms with Crippen molar-refractivity contribution in [2.75, 3.05) is 13.1 Å². The van der Waals surface area contributed by atoms with Crippen molar-refractivity contribution in [3.05, 3.63) is 59.9 Å². The highest BCUT2D eigenvalue weighted by Crippen LogP contribution is 2.32. The van der Waals surface area contributed by atoms with Crippen LogP contribution in [-0.4, -0.2) is 45.4 Å². The number of piperidine rings is 1. The third kappa shape index (κ3) is 6.61. The number of para-hydroxylation sites is 3. The number of hydrogen-bond acceptors (Lipinski definition) is 4. The Kier molecular flexibility index (Phi) is 7.86. The summed E-state index contributed by atoms with van der Waals surface area (Å²) in [5.74, 6) is -0.285. The smallest absolute Gasteiger partial charge is 0.481 e. The molecular weight excluding hydrogens is 459 g/mol. The number of rotatable bonds is 7. The second-order valence-electron chi connectivity index (χ2n) is 8.20. The molecule has 2 N–H and O–H groups in total. The van der Waals surface area contributed by atoms with Crippen molar-refractivity contribution in [1.82, 2.24) is 14.9 Å². The number of nitrogens with zero attached hydrogens (tertiary/aromatic N) is 2. The third-order valence-corrected chi connectivity index (χ3v) is 5.90. The van der Waals surface area contributed by atoms with Gasteiger partial charge in [0, 0.05) is 31.5 Å². The number of aromatic amines is 1. The largest absolute Gasteiger partial charge is 0.573 e. The molecular formula is C23H25ClF3N3O3. The molecule has 1 fully saturated rings. The first-order valence-corrected chi connectivity index (χ1v) is 10.5. The molecule has 3 aromatic rings. The van der Waals surface area contributed by atoms with Crippen LogP contribution >= 0.6 is 12.4 Å². The Bertz CT molecular complexity index is 1060. The normalized spacial score (nSPS) is 19.2. The molecule has 4 rings (SSSR count). The number of aliphatic carboxylic acids is 1. The zero-order valence-electron chi connectivity index (χ0n) is 17.7. The predicted molar refractivity (Wildman–Crippen MR) is 119 cm³/mol. The molecule has 0 radical (unpaired) electrons. The maximum atomic E-state index is 12.8. The number of benzene rings is 2. The van der Waals surface area contributed by atoms with E-state index in [0.29, 0.717) is 38.0 Å². The molecule has 1 aliphatic rings. The van der Waals surface area contributed by atoms with Gasteiger partial charge in [-0.05, 0) is 43.0 Å². The van der Waals surface area contributed by atoms with E-state index in [0.717, 1.165) is 16.9 Å². The molecule has 0 unspecified atom stereocenters. The van der Waals surface area contributed by atoms with Crippen LogP contribution in [0.2, 0.25) is 0 Å². The lowest BCUT2D eigenvalue weighted by Crippen LogP contribution is -2.41. The van der Waals surface area contributed by atoms with Gasteiger partial charge in [-0.2, -0.15) is 0 Å². The van der Waals surface area contributed by atoms with Crippen molar-refractivity contribution in [2.45, 2.75) is 32.2 Å². The molecule has 2 atom stereocenters. The monoisotopic (exact) mass is 483 g/mol. The third-order valence-electron chi connectivity index (χ3n) is 5.90. The number of likely N-dealkylation sites (tertiary alicyclic amines) is 1. The lowest BCUT2D eigenvalue weighted by Gasteiger charge is -2.38. The number of carbonyl (C=O) groups is 1. The number of aromatic nitrogens is 2. The van der Waals surface area contributed by atoms with Crippen molar-refractivity contribution < 1.29 is 27.8 Å². The van der Waals surface area contributed by atoms with E-state index in [1.165, 1.54) is 12.1 Å². The molecule has 33 heavy (non-hydrogen) atoms. The van der Waals surface area contributed by atoms with Crippen LogP contribution < -0.4 is 4.74 Å². The van der Waals surface area contributed by atoms with E-state index in [1.807, 2.05) is 24.3 Å². The number of carboxylic acids is 1. The van der Waals surface area contributed by atoms with Crippen LogP contribution in [0.1, 0.15) is 24.2 Å². The number of carboxylic acid groups (broad SMARTS) is 1. The van der Waals surface area contributed by atoms with Crippen molar-refractivity contribution >= 4 is 29.4 Å². The van der Waals surface area contributed by atoms with Crippen LogP contribution in [0.25, 0.3) is 11.0 Å². The minimum atomic E-state index is -4.76.